The van der Waals surface area contributed by atoms with Crippen molar-refractivity contribution >= 4 is 33.3 Å². The van der Waals surface area contributed by atoms with Crippen LogP contribution >= 0.6 is 27.5 Å². The first-order valence-electron chi connectivity index (χ1n) is 3.69. The molecule has 0 fully saturated rings. The predicted molar refractivity (Wildman–Crippen MR) is 54.2 cm³/mol. The first-order chi connectivity index (χ1) is 6.15. The lowest BCUT2D eigenvalue weighted by atomic mass is 10.1. The van der Waals surface area contributed by atoms with Gasteiger partial charge in [0.1, 0.15) is 5.82 Å². The van der Waals surface area contributed by atoms with Crippen LogP contribution in [0.4, 0.5) is 4.39 Å². The van der Waals surface area contributed by atoms with E-state index in [-0.39, 0.29) is 10.8 Å². The summed E-state index contributed by atoms with van der Waals surface area (Å²) >= 11 is 8.61. The van der Waals surface area contributed by atoms with Crippen molar-refractivity contribution < 1.29 is 9.18 Å². The molecule has 0 saturated carbocycles. The van der Waals surface area contributed by atoms with Crippen LogP contribution in [0.2, 0.25) is 5.02 Å². The number of rotatable bonds is 3. The van der Waals surface area contributed by atoms with Crippen molar-refractivity contribution in [1.82, 2.24) is 0 Å². The Labute approximate surface area is 89.0 Å². The third kappa shape index (κ3) is 2.78. The molecule has 0 aliphatic heterocycles. The lowest BCUT2D eigenvalue weighted by molar-refractivity contribution is 0.0989. The van der Waals surface area contributed by atoms with Crippen LogP contribution in [0.3, 0.4) is 0 Å². The largest absolute Gasteiger partial charge is 0.294 e. The molecule has 0 spiro atoms. The lowest BCUT2D eigenvalue weighted by Crippen LogP contribution is -1.99. The highest BCUT2D eigenvalue weighted by Crippen LogP contribution is 2.16. The van der Waals surface area contributed by atoms with Crippen LogP contribution in [0.1, 0.15) is 16.8 Å². The Morgan fingerprint density at radius 3 is 2.77 bits per heavy atom. The maximum Gasteiger partial charge on any atom is 0.163 e. The van der Waals surface area contributed by atoms with Gasteiger partial charge in [0.05, 0.1) is 5.02 Å². The van der Waals surface area contributed by atoms with Gasteiger partial charge in [-0.2, -0.15) is 0 Å². The molecule has 1 aromatic carbocycles. The molecule has 70 valence electrons. The van der Waals surface area contributed by atoms with Crippen LogP contribution in [0.15, 0.2) is 18.2 Å². The molecule has 0 unspecified atom stereocenters. The Morgan fingerprint density at radius 2 is 2.23 bits per heavy atom. The standard InChI is InChI=1S/C9H7BrClFO/c10-4-3-9(13)6-1-2-7(11)8(12)5-6/h1-2,5H,3-4H2. The summed E-state index contributed by atoms with van der Waals surface area (Å²) in [4.78, 5) is 11.3. The molecule has 0 aromatic heterocycles. The number of carbonyl (C=O) groups is 1. The zero-order valence-corrected chi connectivity index (χ0v) is 9.03. The zero-order valence-electron chi connectivity index (χ0n) is 6.69. The fourth-order valence-corrected chi connectivity index (χ4v) is 1.38. The van der Waals surface area contributed by atoms with Crippen LogP contribution in [-0.4, -0.2) is 11.1 Å². The van der Waals surface area contributed by atoms with Crippen LogP contribution in [0.25, 0.3) is 0 Å². The molecule has 0 radical (unpaired) electrons. The fourth-order valence-electron chi connectivity index (χ4n) is 0.900. The molecule has 1 nitrogen and oxygen atoms in total. The van der Waals surface area contributed by atoms with Gasteiger partial charge in [-0.25, -0.2) is 4.39 Å². The van der Waals surface area contributed by atoms with E-state index < -0.39 is 5.82 Å². The maximum absolute atomic E-state index is 12.9. The molecule has 1 rings (SSSR count). The molecule has 0 heterocycles. The van der Waals surface area contributed by atoms with E-state index in [2.05, 4.69) is 15.9 Å². The number of halogens is 3. The second kappa shape index (κ2) is 4.72. The van der Waals surface area contributed by atoms with Gasteiger partial charge >= 0.3 is 0 Å². The minimum atomic E-state index is -0.554. The van der Waals surface area contributed by atoms with E-state index in [4.69, 9.17) is 11.6 Å². The average molecular weight is 266 g/mol. The second-order valence-corrected chi connectivity index (χ2v) is 3.69. The summed E-state index contributed by atoms with van der Waals surface area (Å²) in [6.45, 7) is 0. The van der Waals surface area contributed by atoms with Crippen molar-refractivity contribution in [3.05, 3.63) is 34.6 Å². The number of hydrogen-bond acceptors (Lipinski definition) is 1. The number of hydrogen-bond donors (Lipinski definition) is 0. The predicted octanol–water partition coefficient (Wildman–Crippen LogP) is 3.45. The third-order valence-corrected chi connectivity index (χ3v) is 2.27. The normalized spacial score (nSPS) is 10.1. The Kier molecular flexibility index (Phi) is 3.88. The first-order valence-corrected chi connectivity index (χ1v) is 5.19. The molecule has 0 atom stereocenters. The molecular formula is C9H7BrClFO. The smallest absolute Gasteiger partial charge is 0.163 e. The number of benzene rings is 1. The highest BCUT2D eigenvalue weighted by Gasteiger charge is 2.07. The summed E-state index contributed by atoms with van der Waals surface area (Å²) in [5.41, 5.74) is 0.362. The Hall–Kier alpha value is -0.410. The average Bonchev–Trinajstić information content (AvgIpc) is 2.10. The summed E-state index contributed by atoms with van der Waals surface area (Å²) in [6, 6.07) is 4.07. The van der Waals surface area contributed by atoms with Gasteiger partial charge in [0.15, 0.2) is 5.78 Å². The molecule has 0 saturated heterocycles. The van der Waals surface area contributed by atoms with E-state index in [1.807, 2.05) is 0 Å². The number of alkyl halides is 1. The first kappa shape index (κ1) is 10.7. The van der Waals surface area contributed by atoms with Crippen molar-refractivity contribution in [2.75, 3.05) is 5.33 Å². The number of ketones is 1. The molecule has 0 bridgehead atoms. The summed E-state index contributed by atoms with van der Waals surface area (Å²) in [6.07, 6.45) is 0.362. The van der Waals surface area contributed by atoms with E-state index in [1.54, 1.807) is 0 Å². The van der Waals surface area contributed by atoms with Crippen LogP contribution in [-0.2, 0) is 0 Å². The Bertz CT molecular complexity index is 327. The molecule has 4 heteroatoms. The van der Waals surface area contributed by atoms with Crippen LogP contribution < -0.4 is 0 Å². The molecular weight excluding hydrogens is 258 g/mol. The zero-order chi connectivity index (χ0) is 9.84. The van der Waals surface area contributed by atoms with E-state index in [9.17, 15) is 9.18 Å². The molecule has 0 N–H and O–H groups in total. The van der Waals surface area contributed by atoms with E-state index >= 15 is 0 Å². The van der Waals surface area contributed by atoms with E-state index in [1.165, 1.54) is 12.1 Å². The molecule has 13 heavy (non-hydrogen) atoms. The quantitative estimate of drug-likeness (QED) is 0.604. The van der Waals surface area contributed by atoms with E-state index in [0.717, 1.165) is 6.07 Å². The summed E-state index contributed by atoms with van der Waals surface area (Å²) in [5, 5.41) is 0.617. The van der Waals surface area contributed by atoms with Crippen molar-refractivity contribution in [3.63, 3.8) is 0 Å². The topological polar surface area (TPSA) is 17.1 Å². The number of Topliss-reactive ketones (excluding diaryl/α,β-unsaturated/α-hetero) is 1. The Balaban J connectivity index is 2.90. The van der Waals surface area contributed by atoms with Gasteiger partial charge in [0.25, 0.3) is 0 Å². The summed E-state index contributed by atoms with van der Waals surface area (Å²) in [7, 11) is 0. The second-order valence-electron chi connectivity index (χ2n) is 2.49. The summed E-state index contributed by atoms with van der Waals surface area (Å²) < 4.78 is 12.9. The van der Waals surface area contributed by atoms with Gasteiger partial charge in [-0.1, -0.05) is 27.5 Å². The van der Waals surface area contributed by atoms with E-state index in [0.29, 0.717) is 17.3 Å². The highest BCUT2D eigenvalue weighted by atomic mass is 79.9. The van der Waals surface area contributed by atoms with Crippen LogP contribution in [0, 0.1) is 5.82 Å². The maximum atomic E-state index is 12.9. The minimum absolute atomic E-state index is 0.0374. The molecule has 0 aliphatic rings. The fraction of sp³-hybridized carbons (Fsp3) is 0.222. The van der Waals surface area contributed by atoms with Crippen molar-refractivity contribution in [2.24, 2.45) is 0 Å². The third-order valence-electron chi connectivity index (χ3n) is 1.56. The molecule has 1 aromatic rings. The van der Waals surface area contributed by atoms with Gasteiger partial charge in [-0.3, -0.25) is 4.79 Å². The van der Waals surface area contributed by atoms with Gasteiger partial charge in [-0.05, 0) is 18.2 Å². The molecule has 0 aliphatic carbocycles. The van der Waals surface area contributed by atoms with Crippen molar-refractivity contribution in [1.29, 1.82) is 0 Å². The van der Waals surface area contributed by atoms with Gasteiger partial charge < -0.3 is 0 Å². The number of carbonyl (C=O) groups excluding carboxylic acids is 1. The van der Waals surface area contributed by atoms with Gasteiger partial charge in [0.2, 0.25) is 0 Å². The highest BCUT2D eigenvalue weighted by molar-refractivity contribution is 9.09. The summed E-state index contributed by atoms with van der Waals surface area (Å²) in [5.74, 6) is -0.644. The SMILES string of the molecule is O=C(CCBr)c1ccc(Cl)c(F)c1. The van der Waals surface area contributed by atoms with Crippen LogP contribution in [0.5, 0.6) is 0 Å². The van der Waals surface area contributed by atoms with Crippen molar-refractivity contribution in [3.8, 4) is 0 Å². The van der Waals surface area contributed by atoms with Gasteiger partial charge in [0, 0.05) is 17.3 Å². The van der Waals surface area contributed by atoms with Crippen molar-refractivity contribution in [2.45, 2.75) is 6.42 Å². The lowest BCUT2D eigenvalue weighted by Gasteiger charge is -1.99. The Morgan fingerprint density at radius 1 is 1.54 bits per heavy atom. The van der Waals surface area contributed by atoms with Gasteiger partial charge in [-0.15, -0.1) is 0 Å². The minimum Gasteiger partial charge on any atom is -0.294 e. The molecule has 0 amide bonds. The monoisotopic (exact) mass is 264 g/mol.